The van der Waals surface area contributed by atoms with Crippen molar-refractivity contribution in [2.75, 3.05) is 13.2 Å². The number of amides is 2. The first-order chi connectivity index (χ1) is 26.3. The van der Waals surface area contributed by atoms with Gasteiger partial charge in [0.2, 0.25) is 11.8 Å². The van der Waals surface area contributed by atoms with Gasteiger partial charge in [0.15, 0.2) is 0 Å². The van der Waals surface area contributed by atoms with Crippen LogP contribution in [0.3, 0.4) is 0 Å². The van der Waals surface area contributed by atoms with Gasteiger partial charge in [0.25, 0.3) is 0 Å². The van der Waals surface area contributed by atoms with Crippen LogP contribution in [-0.4, -0.2) is 59.3 Å². The lowest BCUT2D eigenvalue weighted by atomic mass is 10.1. The molecule has 2 atom stereocenters. The third kappa shape index (κ3) is 34.3. The first kappa shape index (κ1) is 49.2. The molecule has 4 N–H and O–H groups in total. The van der Waals surface area contributed by atoms with Crippen LogP contribution in [0.4, 0.5) is 0 Å². The number of carbonyl (C=O) groups is 4. The van der Waals surface area contributed by atoms with Crippen LogP contribution in [0.25, 0.3) is 0 Å². The van der Waals surface area contributed by atoms with Crippen molar-refractivity contribution in [2.45, 2.75) is 122 Å². The Morgan fingerprint density at radius 2 is 1.00 bits per heavy atom. The standard InChI is InChI=1S/C45H66N2O7/c1-3-5-7-9-11-13-15-17-19-21-23-25-27-29-31-37-44(51)54-40(34-30-28-26-24-22-20-18-16-14-12-10-8-6-4-2)35-32-33-36-42(49)46-38-43(50)47-41(39-48)45(52)53/h5-8,11-14,17-20,23-26,29-31,34,40-41,48H,3-4,9-10,15-16,21-22,27-28,32-33,35-39H2,1-2H3,(H,46,49)(H,47,50)(H,52,53)/b7-5-,8-6-,13-11-,14-12-,19-17-,20-18-,25-23-,26-24-,31-29-,34-30-. The number of allylic oxidation sites excluding steroid dienone is 18. The summed E-state index contributed by atoms with van der Waals surface area (Å²) in [6.07, 6.45) is 52.5. The number of aliphatic hydroxyl groups is 1. The molecule has 2 amide bonds. The summed E-state index contributed by atoms with van der Waals surface area (Å²) in [5.41, 5.74) is 0. The maximum atomic E-state index is 12.6. The highest BCUT2D eigenvalue weighted by Crippen LogP contribution is 2.11. The molecule has 0 saturated heterocycles. The van der Waals surface area contributed by atoms with Crippen LogP contribution in [0, 0.1) is 0 Å². The predicted molar refractivity (Wildman–Crippen MR) is 222 cm³/mol. The zero-order valence-electron chi connectivity index (χ0n) is 32.7. The van der Waals surface area contributed by atoms with Crippen molar-refractivity contribution >= 4 is 23.8 Å². The Morgan fingerprint density at radius 3 is 1.43 bits per heavy atom. The highest BCUT2D eigenvalue weighted by atomic mass is 16.5. The van der Waals surface area contributed by atoms with Gasteiger partial charge in [0.05, 0.1) is 19.6 Å². The predicted octanol–water partition coefficient (Wildman–Crippen LogP) is 9.03. The Hall–Kier alpha value is -4.76. The summed E-state index contributed by atoms with van der Waals surface area (Å²) in [4.78, 5) is 47.6. The minimum Gasteiger partial charge on any atom is -0.480 e. The first-order valence-corrected chi connectivity index (χ1v) is 19.4. The van der Waals surface area contributed by atoms with Gasteiger partial charge in [-0.3, -0.25) is 14.4 Å². The Kier molecular flexibility index (Phi) is 34.6. The summed E-state index contributed by atoms with van der Waals surface area (Å²) < 4.78 is 5.75. The van der Waals surface area contributed by atoms with Crippen LogP contribution >= 0.6 is 0 Å². The molecule has 0 spiro atoms. The summed E-state index contributed by atoms with van der Waals surface area (Å²) >= 11 is 0. The normalized spacial score (nSPS) is 13.8. The summed E-state index contributed by atoms with van der Waals surface area (Å²) in [5.74, 6) is -2.75. The van der Waals surface area contributed by atoms with E-state index >= 15 is 0 Å². The third-order valence-corrected chi connectivity index (χ3v) is 7.47. The van der Waals surface area contributed by atoms with Crippen LogP contribution in [0.2, 0.25) is 0 Å². The molecule has 9 heteroatoms. The molecular weight excluding hydrogens is 681 g/mol. The summed E-state index contributed by atoms with van der Waals surface area (Å²) in [7, 11) is 0. The van der Waals surface area contributed by atoms with Crippen molar-refractivity contribution in [3.05, 3.63) is 122 Å². The molecule has 0 aromatic rings. The molecule has 0 rings (SSSR count). The number of aliphatic carboxylic acids is 1. The molecule has 54 heavy (non-hydrogen) atoms. The zero-order valence-corrected chi connectivity index (χ0v) is 32.7. The van der Waals surface area contributed by atoms with E-state index in [4.69, 9.17) is 14.9 Å². The van der Waals surface area contributed by atoms with Crippen LogP contribution in [0.5, 0.6) is 0 Å². The van der Waals surface area contributed by atoms with Crippen molar-refractivity contribution in [1.82, 2.24) is 10.6 Å². The quantitative estimate of drug-likeness (QED) is 0.0306. The fourth-order valence-electron chi connectivity index (χ4n) is 4.56. The van der Waals surface area contributed by atoms with Gasteiger partial charge < -0.3 is 25.6 Å². The molecule has 0 heterocycles. The zero-order chi connectivity index (χ0) is 39.7. The van der Waals surface area contributed by atoms with Gasteiger partial charge in [0, 0.05) is 6.42 Å². The van der Waals surface area contributed by atoms with E-state index in [1.54, 1.807) is 0 Å². The Balaban J connectivity index is 4.78. The molecular formula is C45H66N2O7. The van der Waals surface area contributed by atoms with E-state index in [0.717, 1.165) is 57.8 Å². The minimum absolute atomic E-state index is 0.155. The van der Waals surface area contributed by atoms with Crippen molar-refractivity contribution in [1.29, 1.82) is 0 Å². The maximum absolute atomic E-state index is 12.6. The topological polar surface area (TPSA) is 142 Å². The second-order valence-corrected chi connectivity index (χ2v) is 12.3. The van der Waals surface area contributed by atoms with E-state index in [-0.39, 0.29) is 24.7 Å². The van der Waals surface area contributed by atoms with E-state index in [9.17, 15) is 19.2 Å². The van der Waals surface area contributed by atoms with Crippen molar-refractivity contribution in [2.24, 2.45) is 0 Å². The number of esters is 1. The van der Waals surface area contributed by atoms with Gasteiger partial charge >= 0.3 is 11.9 Å². The Morgan fingerprint density at radius 1 is 0.574 bits per heavy atom. The van der Waals surface area contributed by atoms with E-state index < -0.39 is 37.2 Å². The molecule has 9 nitrogen and oxygen atoms in total. The average Bonchev–Trinajstić information content (AvgIpc) is 3.16. The highest BCUT2D eigenvalue weighted by molar-refractivity contribution is 5.87. The summed E-state index contributed by atoms with van der Waals surface area (Å²) in [6.45, 7) is 3.12. The largest absolute Gasteiger partial charge is 0.480 e. The molecule has 0 aliphatic heterocycles. The molecule has 0 bridgehead atoms. The van der Waals surface area contributed by atoms with Crippen LogP contribution < -0.4 is 10.6 Å². The number of hydrogen-bond donors (Lipinski definition) is 4. The van der Waals surface area contributed by atoms with Gasteiger partial charge in [-0.1, -0.05) is 129 Å². The van der Waals surface area contributed by atoms with Gasteiger partial charge in [0.1, 0.15) is 12.1 Å². The van der Waals surface area contributed by atoms with Gasteiger partial charge in [-0.15, -0.1) is 0 Å². The Labute approximate surface area is 324 Å². The number of rotatable bonds is 32. The number of nitrogens with one attached hydrogen (secondary N) is 2. The second-order valence-electron chi connectivity index (χ2n) is 12.3. The van der Waals surface area contributed by atoms with Gasteiger partial charge in [-0.25, -0.2) is 4.79 Å². The Bertz CT molecular complexity index is 1310. The van der Waals surface area contributed by atoms with E-state index in [1.165, 1.54) is 0 Å². The maximum Gasteiger partial charge on any atom is 0.328 e. The number of ether oxygens (including phenoxy) is 1. The summed E-state index contributed by atoms with van der Waals surface area (Å²) in [5, 5.41) is 22.5. The molecule has 0 aromatic carbocycles. The third-order valence-electron chi connectivity index (χ3n) is 7.47. The molecule has 2 unspecified atom stereocenters. The molecule has 0 aliphatic carbocycles. The highest BCUT2D eigenvalue weighted by Gasteiger charge is 2.18. The lowest BCUT2D eigenvalue weighted by Gasteiger charge is -2.14. The van der Waals surface area contributed by atoms with E-state index in [1.807, 2.05) is 24.3 Å². The molecule has 298 valence electrons. The fraction of sp³-hybridized carbons (Fsp3) is 0.467. The van der Waals surface area contributed by atoms with Crippen LogP contribution in [0.15, 0.2) is 122 Å². The molecule has 0 aliphatic rings. The minimum atomic E-state index is -1.43. The number of unbranched alkanes of at least 4 members (excludes halogenated alkanes) is 1. The van der Waals surface area contributed by atoms with E-state index in [0.29, 0.717) is 25.7 Å². The number of aliphatic hydroxyl groups excluding tert-OH is 1. The second kappa shape index (κ2) is 38.0. The van der Waals surface area contributed by atoms with Gasteiger partial charge in [-0.2, -0.15) is 0 Å². The molecule has 0 saturated carbocycles. The lowest BCUT2D eigenvalue weighted by molar-refractivity contribution is -0.146. The monoisotopic (exact) mass is 746 g/mol. The van der Waals surface area contributed by atoms with Gasteiger partial charge in [-0.05, 0) is 89.5 Å². The van der Waals surface area contributed by atoms with E-state index in [2.05, 4.69) is 122 Å². The number of carboxylic acid groups (broad SMARTS) is 1. The summed E-state index contributed by atoms with van der Waals surface area (Å²) in [6, 6.07) is -1.43. The van der Waals surface area contributed by atoms with Crippen LogP contribution in [0.1, 0.15) is 110 Å². The van der Waals surface area contributed by atoms with Crippen molar-refractivity contribution < 1.29 is 34.1 Å². The SMILES string of the molecule is CC/C=C\C/C=C\C/C=C\C/C=C\C/C=C\CC(=O)OC(/C=C\C/C=C\C/C=C\C/C=C\C/C=C\CC)CCCCC(=O)NCC(=O)NC(CO)C(=O)O. The number of carbonyl (C=O) groups excluding carboxylic acids is 3. The van der Waals surface area contributed by atoms with Crippen LogP contribution in [-0.2, 0) is 23.9 Å². The number of hydrogen-bond acceptors (Lipinski definition) is 6. The lowest BCUT2D eigenvalue weighted by Crippen LogP contribution is -2.47. The van der Waals surface area contributed by atoms with Crippen molar-refractivity contribution in [3.8, 4) is 0 Å². The number of carboxylic acids is 1. The molecule has 0 aromatic heterocycles. The first-order valence-electron chi connectivity index (χ1n) is 19.4. The van der Waals surface area contributed by atoms with Crippen molar-refractivity contribution in [3.63, 3.8) is 0 Å². The fourth-order valence-corrected chi connectivity index (χ4v) is 4.56. The molecule has 0 fully saturated rings. The average molecular weight is 747 g/mol. The smallest absolute Gasteiger partial charge is 0.328 e. The molecule has 0 radical (unpaired) electrons.